The third-order valence-electron chi connectivity index (χ3n) is 6.36. The molecule has 1 aromatic rings. The number of aliphatic hydroxyl groups excluding tert-OH is 1. The van der Waals surface area contributed by atoms with Gasteiger partial charge in [0.25, 0.3) is 5.24 Å². The van der Waals surface area contributed by atoms with Crippen LogP contribution in [0.25, 0.3) is 0 Å². The second kappa shape index (κ2) is 17.3. The minimum Gasteiger partial charge on any atom is -0.511 e. The number of rotatable bonds is 9. The van der Waals surface area contributed by atoms with Crippen LogP contribution in [0.15, 0.2) is 38.1 Å². The Morgan fingerprint density at radius 3 is 2.05 bits per heavy atom. The van der Waals surface area contributed by atoms with E-state index in [2.05, 4.69) is 38.1 Å². The quantitative estimate of drug-likeness (QED) is 0.216. The molecule has 224 valence electrons. The van der Waals surface area contributed by atoms with E-state index in [4.69, 9.17) is 39.6 Å². The summed E-state index contributed by atoms with van der Waals surface area (Å²) in [6, 6.07) is 4.59. The Labute approximate surface area is 259 Å². The van der Waals surface area contributed by atoms with E-state index in [1.165, 1.54) is 22.3 Å². The molecule has 0 radical (unpaired) electrons. The monoisotopic (exact) mass is 632 g/mol. The van der Waals surface area contributed by atoms with Gasteiger partial charge < -0.3 is 14.8 Å². The highest BCUT2D eigenvalue weighted by Gasteiger charge is 2.32. The van der Waals surface area contributed by atoms with Gasteiger partial charge in [0, 0.05) is 30.7 Å². The van der Waals surface area contributed by atoms with Crippen LogP contribution in [0.4, 0.5) is 4.79 Å². The Hall–Kier alpha value is -1.67. The molecule has 0 bridgehead atoms. The number of ketones is 1. The van der Waals surface area contributed by atoms with E-state index in [0.717, 1.165) is 11.8 Å². The molecule has 1 aliphatic carbocycles. The van der Waals surface area contributed by atoms with E-state index in [0.29, 0.717) is 47.9 Å². The molecule has 1 unspecified atom stereocenters. The van der Waals surface area contributed by atoms with E-state index in [-0.39, 0.29) is 39.3 Å². The van der Waals surface area contributed by atoms with Crippen molar-refractivity contribution in [1.29, 1.82) is 0 Å². The third-order valence-corrected chi connectivity index (χ3v) is 8.39. The number of aliphatic hydroxyl groups is 1. The molecule has 40 heavy (non-hydrogen) atoms. The van der Waals surface area contributed by atoms with E-state index < -0.39 is 0 Å². The van der Waals surface area contributed by atoms with Gasteiger partial charge in [-0.25, -0.2) is 0 Å². The van der Waals surface area contributed by atoms with E-state index in [9.17, 15) is 14.7 Å². The van der Waals surface area contributed by atoms with Crippen molar-refractivity contribution in [2.45, 2.75) is 99.6 Å². The fourth-order valence-corrected chi connectivity index (χ4v) is 6.38. The Balaban J connectivity index is 0.000000437. The molecule has 2 rings (SSSR count). The minimum absolute atomic E-state index is 0.0160. The maximum atomic E-state index is 12.7. The van der Waals surface area contributed by atoms with Crippen molar-refractivity contribution < 1.29 is 19.5 Å². The second-order valence-corrected chi connectivity index (χ2v) is 12.6. The molecule has 0 saturated heterocycles. The summed E-state index contributed by atoms with van der Waals surface area (Å²) in [5, 5.41) is 14.8. The van der Waals surface area contributed by atoms with Crippen molar-refractivity contribution >= 4 is 63.3 Å². The van der Waals surface area contributed by atoms with Crippen LogP contribution in [0.5, 0.6) is 0 Å². The Bertz CT molecular complexity index is 1110. The molecule has 0 aliphatic heterocycles. The summed E-state index contributed by atoms with van der Waals surface area (Å²) in [6.07, 6.45) is 1.42. The lowest BCUT2D eigenvalue weighted by Crippen LogP contribution is -2.39. The van der Waals surface area contributed by atoms with Crippen LogP contribution in [0.2, 0.25) is 0 Å². The summed E-state index contributed by atoms with van der Waals surface area (Å²) >= 11 is 17.8. The smallest absolute Gasteiger partial charge is 0.282 e. The predicted molar refractivity (Wildman–Crippen MR) is 171 cm³/mol. The minimum atomic E-state index is -0.0524. The molecule has 0 aromatic heterocycles. The van der Waals surface area contributed by atoms with Gasteiger partial charge in [-0.15, -0.1) is 0 Å². The van der Waals surface area contributed by atoms with Gasteiger partial charge in [0.05, 0.1) is 16.3 Å². The number of carbonyl (C=O) groups is 2. The number of amides is 1. The van der Waals surface area contributed by atoms with Gasteiger partial charge in [0.1, 0.15) is 16.9 Å². The number of benzene rings is 1. The molecule has 0 fully saturated rings. The van der Waals surface area contributed by atoms with Crippen LogP contribution in [0.3, 0.4) is 0 Å². The Morgan fingerprint density at radius 1 is 1.07 bits per heavy atom. The lowest BCUT2D eigenvalue weighted by molar-refractivity contribution is -0.116. The Morgan fingerprint density at radius 2 is 1.62 bits per heavy atom. The fourth-order valence-electron chi connectivity index (χ4n) is 4.96. The van der Waals surface area contributed by atoms with Crippen LogP contribution in [0.1, 0.15) is 89.0 Å². The SMILES string of the molecule is CC(C)N(C(=O)SCC(Cl)=C(Cl)Cl)C(C)C.CCO/N=C(\CC)C1=C(O)CC(c2c(C)cc(C)cc2C)CC1=O. The number of allylic oxidation sites excluding steroid dienone is 2. The first-order valence-electron chi connectivity index (χ1n) is 13.5. The molecule has 6 nitrogen and oxygen atoms in total. The van der Waals surface area contributed by atoms with Crippen molar-refractivity contribution in [2.24, 2.45) is 5.16 Å². The highest BCUT2D eigenvalue weighted by atomic mass is 35.5. The lowest BCUT2D eigenvalue weighted by Gasteiger charge is -2.30. The van der Waals surface area contributed by atoms with Crippen LogP contribution >= 0.6 is 46.6 Å². The first-order valence-corrected chi connectivity index (χ1v) is 15.6. The van der Waals surface area contributed by atoms with Crippen LogP contribution in [0, 0.1) is 20.8 Å². The molecule has 1 amide bonds. The summed E-state index contributed by atoms with van der Waals surface area (Å²) in [6.45, 7) is 18.3. The largest absolute Gasteiger partial charge is 0.511 e. The summed E-state index contributed by atoms with van der Waals surface area (Å²) in [4.78, 5) is 31.4. The number of aryl methyl sites for hydroxylation is 3. The predicted octanol–water partition coefficient (Wildman–Crippen LogP) is 9.52. The highest BCUT2D eigenvalue weighted by Crippen LogP contribution is 2.37. The number of halogens is 3. The molecule has 0 saturated carbocycles. The average molecular weight is 634 g/mol. The van der Waals surface area contributed by atoms with Crippen LogP contribution in [-0.4, -0.2) is 51.2 Å². The molecule has 1 aliphatic rings. The molecule has 10 heteroatoms. The summed E-state index contributed by atoms with van der Waals surface area (Å²) < 4.78 is 0.0163. The van der Waals surface area contributed by atoms with Gasteiger partial charge in [-0.2, -0.15) is 0 Å². The van der Waals surface area contributed by atoms with Gasteiger partial charge >= 0.3 is 0 Å². The number of carbonyl (C=O) groups excluding carboxylic acids is 2. The standard InChI is InChI=1S/C20H27NO3.C10H16Cl3NOS/c1-6-16(21-24-7-2)20-17(22)10-15(11-18(20)23)19-13(4)8-12(3)9-14(19)5;1-6(2)14(7(3)4)10(15)16-5-8(11)9(12)13/h8-9,15,22H,6-7,10-11H2,1-5H3;6-7H,5H2,1-4H3/b21-16+;. The molecule has 0 spiro atoms. The van der Waals surface area contributed by atoms with Crippen molar-refractivity contribution in [2.75, 3.05) is 12.4 Å². The highest BCUT2D eigenvalue weighted by molar-refractivity contribution is 8.13. The van der Waals surface area contributed by atoms with Gasteiger partial charge in [-0.3, -0.25) is 9.59 Å². The molecule has 0 heterocycles. The molecular weight excluding hydrogens is 591 g/mol. The zero-order chi connectivity index (χ0) is 30.7. The van der Waals surface area contributed by atoms with Gasteiger partial charge in [-0.05, 0) is 84.4 Å². The number of Topliss-reactive ketones (excluding diaryl/α,β-unsaturated/α-hetero) is 1. The van der Waals surface area contributed by atoms with E-state index in [1.54, 1.807) is 4.90 Å². The lowest BCUT2D eigenvalue weighted by atomic mass is 9.78. The zero-order valence-corrected chi connectivity index (χ0v) is 28.1. The second-order valence-electron chi connectivity index (χ2n) is 10.3. The number of thioether (sulfide) groups is 1. The van der Waals surface area contributed by atoms with Crippen molar-refractivity contribution in [3.8, 4) is 0 Å². The van der Waals surface area contributed by atoms with Gasteiger partial charge in [0.15, 0.2) is 5.78 Å². The van der Waals surface area contributed by atoms with Crippen molar-refractivity contribution in [3.63, 3.8) is 0 Å². The summed E-state index contributed by atoms with van der Waals surface area (Å²) in [5.74, 6) is 0.407. The number of hydrogen-bond donors (Lipinski definition) is 1. The number of hydrogen-bond acceptors (Lipinski definition) is 6. The summed E-state index contributed by atoms with van der Waals surface area (Å²) in [7, 11) is 0. The Kier molecular flexibility index (Phi) is 15.7. The maximum Gasteiger partial charge on any atom is 0.282 e. The van der Waals surface area contributed by atoms with E-state index in [1.807, 2.05) is 41.5 Å². The third kappa shape index (κ3) is 10.6. The topological polar surface area (TPSA) is 79.2 Å². The molecule has 1 atom stereocenters. The number of oxime groups is 1. The normalized spacial score (nSPS) is 15.7. The number of nitrogens with zero attached hydrogens (tertiary/aromatic N) is 2. The molecular formula is C30H43Cl3N2O4S. The summed E-state index contributed by atoms with van der Waals surface area (Å²) in [5.41, 5.74) is 5.65. The zero-order valence-electron chi connectivity index (χ0n) is 25.0. The maximum absolute atomic E-state index is 12.7. The average Bonchev–Trinajstić information content (AvgIpc) is 2.83. The fraction of sp³-hybridized carbons (Fsp3) is 0.567. The van der Waals surface area contributed by atoms with Crippen molar-refractivity contribution in [1.82, 2.24) is 4.90 Å². The first kappa shape index (κ1) is 36.4. The van der Waals surface area contributed by atoms with Gasteiger partial charge in [-0.1, -0.05) is 76.3 Å². The van der Waals surface area contributed by atoms with Crippen LogP contribution < -0.4 is 0 Å². The molecule has 1 N–H and O–H groups in total. The van der Waals surface area contributed by atoms with Gasteiger partial charge in [0.2, 0.25) is 0 Å². The van der Waals surface area contributed by atoms with Crippen LogP contribution in [-0.2, 0) is 9.63 Å². The molecule has 1 aromatic carbocycles. The first-order chi connectivity index (χ1) is 18.7. The van der Waals surface area contributed by atoms with E-state index >= 15 is 0 Å². The van der Waals surface area contributed by atoms with Crippen molar-refractivity contribution in [3.05, 3.63) is 55.2 Å².